The van der Waals surface area contributed by atoms with Gasteiger partial charge in [0.2, 0.25) is 0 Å². The average Bonchev–Trinajstić information content (AvgIpc) is 3.38. The van der Waals surface area contributed by atoms with E-state index in [1.165, 1.54) is 18.4 Å². The van der Waals surface area contributed by atoms with Crippen LogP contribution in [-0.2, 0) is 5.75 Å². The first-order valence-electron chi connectivity index (χ1n) is 9.84. The molecule has 146 valence electrons. The predicted octanol–water partition coefficient (Wildman–Crippen LogP) is 4.86. The smallest absolute Gasteiger partial charge is 0.287 e. The van der Waals surface area contributed by atoms with Gasteiger partial charge in [0.15, 0.2) is 5.76 Å². The Morgan fingerprint density at radius 3 is 2.57 bits per heavy atom. The molecule has 0 radical (unpaired) electrons. The Labute approximate surface area is 170 Å². The van der Waals surface area contributed by atoms with Gasteiger partial charge in [-0.3, -0.25) is 9.69 Å². The van der Waals surface area contributed by atoms with Gasteiger partial charge in [-0.15, -0.1) is 0 Å². The first kappa shape index (κ1) is 19.1. The number of carbonyl (C=O) groups excluding carboxylic acids is 1. The number of nitrogens with zero attached hydrogens (tertiary/aromatic N) is 1. The van der Waals surface area contributed by atoms with Crippen LogP contribution in [0, 0.1) is 0 Å². The van der Waals surface area contributed by atoms with Gasteiger partial charge in [-0.25, -0.2) is 0 Å². The minimum absolute atomic E-state index is 0.125. The molecular weight excluding hydrogens is 368 g/mol. The normalized spacial score (nSPS) is 15.8. The van der Waals surface area contributed by atoms with E-state index in [4.69, 9.17) is 4.42 Å². The molecule has 1 N–H and O–H groups in total. The summed E-state index contributed by atoms with van der Waals surface area (Å²) in [5, 5.41) is 4.18. The van der Waals surface area contributed by atoms with Crippen LogP contribution in [-0.4, -0.2) is 36.7 Å². The van der Waals surface area contributed by atoms with Crippen LogP contribution in [0.15, 0.2) is 59.0 Å². The van der Waals surface area contributed by atoms with Crippen LogP contribution < -0.4 is 5.32 Å². The summed E-state index contributed by atoms with van der Waals surface area (Å²) in [7, 11) is 0. The van der Waals surface area contributed by atoms with E-state index in [1.54, 1.807) is 11.8 Å². The molecule has 1 aliphatic heterocycles. The molecular formula is C23H26N2O2S. The third kappa shape index (κ3) is 3.96. The van der Waals surface area contributed by atoms with E-state index in [9.17, 15) is 4.79 Å². The second-order valence-electron chi connectivity index (χ2n) is 7.22. The zero-order valence-electron chi connectivity index (χ0n) is 16.2. The van der Waals surface area contributed by atoms with Gasteiger partial charge in [0.05, 0.1) is 6.04 Å². The van der Waals surface area contributed by atoms with Gasteiger partial charge in [0.1, 0.15) is 5.58 Å². The molecule has 1 fully saturated rings. The lowest BCUT2D eigenvalue weighted by Crippen LogP contribution is -2.36. The quantitative estimate of drug-likeness (QED) is 0.621. The van der Waals surface area contributed by atoms with Gasteiger partial charge < -0.3 is 9.73 Å². The highest BCUT2D eigenvalue weighted by atomic mass is 32.2. The van der Waals surface area contributed by atoms with E-state index in [1.807, 2.05) is 36.6 Å². The number of nitrogens with one attached hydrogen (secondary N) is 1. The SMILES string of the molecule is CSCc1c(C(=O)NCC(c2ccccc2)N2CCCC2)oc2ccccc12. The molecule has 0 bridgehead atoms. The number of furan rings is 1. The van der Waals surface area contributed by atoms with E-state index >= 15 is 0 Å². The molecule has 3 aromatic rings. The second kappa shape index (κ2) is 8.84. The van der Waals surface area contributed by atoms with Gasteiger partial charge in [-0.1, -0.05) is 48.5 Å². The molecule has 2 heterocycles. The third-order valence-corrected chi connectivity index (χ3v) is 5.99. The van der Waals surface area contributed by atoms with Crippen LogP contribution in [0.4, 0.5) is 0 Å². The lowest BCUT2D eigenvalue weighted by atomic mass is 10.1. The first-order valence-corrected chi connectivity index (χ1v) is 11.2. The van der Waals surface area contributed by atoms with Crippen molar-refractivity contribution in [3.05, 3.63) is 71.5 Å². The number of rotatable bonds is 7. The monoisotopic (exact) mass is 394 g/mol. The number of fused-ring (bicyclic) bond motifs is 1. The van der Waals surface area contributed by atoms with Gasteiger partial charge in [-0.05, 0) is 43.8 Å². The van der Waals surface area contributed by atoms with E-state index in [-0.39, 0.29) is 11.9 Å². The summed E-state index contributed by atoms with van der Waals surface area (Å²) in [5.74, 6) is 1.08. The van der Waals surface area contributed by atoms with Crippen LogP contribution >= 0.6 is 11.8 Å². The Balaban J connectivity index is 1.55. The zero-order valence-corrected chi connectivity index (χ0v) is 17.0. The van der Waals surface area contributed by atoms with E-state index in [0.717, 1.165) is 35.4 Å². The van der Waals surface area contributed by atoms with Crippen molar-refractivity contribution in [2.24, 2.45) is 0 Å². The van der Waals surface area contributed by atoms with Crippen LogP contribution in [0.25, 0.3) is 11.0 Å². The summed E-state index contributed by atoms with van der Waals surface area (Å²) in [5.41, 5.74) is 3.01. The van der Waals surface area contributed by atoms with Crippen molar-refractivity contribution < 1.29 is 9.21 Å². The number of benzene rings is 2. The van der Waals surface area contributed by atoms with E-state index in [0.29, 0.717) is 12.3 Å². The summed E-state index contributed by atoms with van der Waals surface area (Å²) in [4.78, 5) is 15.5. The molecule has 1 saturated heterocycles. The molecule has 0 aliphatic carbocycles. The Bertz CT molecular complexity index is 932. The highest BCUT2D eigenvalue weighted by Gasteiger charge is 2.26. The Hall–Kier alpha value is -2.24. The molecule has 28 heavy (non-hydrogen) atoms. The lowest BCUT2D eigenvalue weighted by Gasteiger charge is -2.28. The minimum Gasteiger partial charge on any atom is -0.451 e. The molecule has 5 heteroatoms. The molecule has 1 amide bonds. The predicted molar refractivity (Wildman–Crippen MR) is 116 cm³/mol. The molecule has 0 saturated carbocycles. The number of carbonyl (C=O) groups is 1. The molecule has 1 aromatic heterocycles. The Morgan fingerprint density at radius 1 is 1.11 bits per heavy atom. The summed E-state index contributed by atoms with van der Waals surface area (Å²) >= 11 is 1.70. The number of amides is 1. The highest BCUT2D eigenvalue weighted by Crippen LogP contribution is 2.29. The Kier molecular flexibility index (Phi) is 6.03. The molecule has 1 aliphatic rings. The molecule has 4 rings (SSSR count). The summed E-state index contributed by atoms with van der Waals surface area (Å²) in [6.07, 6.45) is 4.49. The summed E-state index contributed by atoms with van der Waals surface area (Å²) in [6, 6.07) is 18.5. The van der Waals surface area contributed by atoms with Crippen molar-refractivity contribution in [3.63, 3.8) is 0 Å². The van der Waals surface area contributed by atoms with Crippen LogP contribution in [0.1, 0.15) is 40.6 Å². The van der Waals surface area contributed by atoms with Crippen molar-refractivity contribution in [1.82, 2.24) is 10.2 Å². The summed E-state index contributed by atoms with van der Waals surface area (Å²) < 4.78 is 5.94. The van der Waals surface area contributed by atoms with Crippen LogP contribution in [0.3, 0.4) is 0 Å². The number of hydrogen-bond acceptors (Lipinski definition) is 4. The maximum Gasteiger partial charge on any atom is 0.287 e. The fraction of sp³-hybridized carbons (Fsp3) is 0.348. The van der Waals surface area contributed by atoms with E-state index < -0.39 is 0 Å². The first-order chi connectivity index (χ1) is 13.8. The fourth-order valence-electron chi connectivity index (χ4n) is 4.03. The molecule has 0 spiro atoms. The van der Waals surface area contributed by atoms with Crippen LogP contribution in [0.5, 0.6) is 0 Å². The Morgan fingerprint density at radius 2 is 1.82 bits per heavy atom. The van der Waals surface area contributed by atoms with E-state index in [2.05, 4.69) is 34.5 Å². The van der Waals surface area contributed by atoms with Gasteiger partial charge in [0.25, 0.3) is 5.91 Å². The third-order valence-electron chi connectivity index (χ3n) is 5.41. The van der Waals surface area contributed by atoms with Gasteiger partial charge in [-0.2, -0.15) is 11.8 Å². The number of para-hydroxylation sites is 1. The largest absolute Gasteiger partial charge is 0.451 e. The standard InChI is InChI=1S/C23H26N2O2S/c1-28-16-19-18-11-5-6-12-21(18)27-22(19)23(26)24-15-20(25-13-7-8-14-25)17-9-3-2-4-10-17/h2-6,9-12,20H,7-8,13-16H2,1H3,(H,24,26). The van der Waals surface area contributed by atoms with Crippen molar-refractivity contribution >= 4 is 28.6 Å². The molecule has 2 aromatic carbocycles. The topological polar surface area (TPSA) is 45.5 Å². The maximum atomic E-state index is 13.0. The average molecular weight is 395 g/mol. The van der Waals surface area contributed by atoms with Crippen molar-refractivity contribution in [2.45, 2.75) is 24.6 Å². The maximum absolute atomic E-state index is 13.0. The molecule has 1 unspecified atom stereocenters. The second-order valence-corrected chi connectivity index (χ2v) is 8.08. The van der Waals surface area contributed by atoms with Crippen LogP contribution in [0.2, 0.25) is 0 Å². The number of thioether (sulfide) groups is 1. The fourth-order valence-corrected chi connectivity index (χ4v) is 4.60. The van der Waals surface area contributed by atoms with Crippen molar-refractivity contribution in [3.8, 4) is 0 Å². The molecule has 1 atom stereocenters. The minimum atomic E-state index is -0.125. The van der Waals surface area contributed by atoms with Crippen molar-refractivity contribution in [2.75, 3.05) is 25.9 Å². The number of likely N-dealkylation sites (tertiary alicyclic amines) is 1. The molecule has 4 nitrogen and oxygen atoms in total. The highest BCUT2D eigenvalue weighted by molar-refractivity contribution is 7.97. The number of hydrogen-bond donors (Lipinski definition) is 1. The van der Waals surface area contributed by atoms with Crippen molar-refractivity contribution in [1.29, 1.82) is 0 Å². The van der Waals surface area contributed by atoms with Gasteiger partial charge >= 0.3 is 0 Å². The zero-order chi connectivity index (χ0) is 19.3. The van der Waals surface area contributed by atoms with Gasteiger partial charge in [0, 0.05) is 23.2 Å². The lowest BCUT2D eigenvalue weighted by molar-refractivity contribution is 0.0911. The summed E-state index contributed by atoms with van der Waals surface area (Å²) in [6.45, 7) is 2.74.